The molecule has 1 saturated heterocycles. The van der Waals surface area contributed by atoms with E-state index in [9.17, 15) is 4.79 Å². The Morgan fingerprint density at radius 3 is 2.88 bits per heavy atom. The normalized spacial score (nSPS) is 22.5. The van der Waals surface area contributed by atoms with Crippen molar-refractivity contribution in [3.8, 4) is 0 Å². The van der Waals surface area contributed by atoms with Crippen LogP contribution in [0, 0.1) is 5.92 Å². The first-order valence-electron chi connectivity index (χ1n) is 12.5. The zero-order valence-electron chi connectivity index (χ0n) is 20.1. The van der Waals surface area contributed by atoms with Crippen LogP contribution in [0.5, 0.6) is 0 Å². The van der Waals surface area contributed by atoms with Gasteiger partial charge in [-0.15, -0.1) is 0 Å². The number of hydrogen-bond acceptors (Lipinski definition) is 3. The Balaban J connectivity index is 1.24. The predicted molar refractivity (Wildman–Crippen MR) is 133 cm³/mol. The van der Waals surface area contributed by atoms with E-state index in [1.807, 2.05) is 18.5 Å². The van der Waals surface area contributed by atoms with Crippen LogP contribution >= 0.6 is 0 Å². The van der Waals surface area contributed by atoms with Gasteiger partial charge in [-0.05, 0) is 81.8 Å². The quantitative estimate of drug-likeness (QED) is 0.537. The Kier molecular flexibility index (Phi) is 6.24. The maximum atomic E-state index is 13.1. The van der Waals surface area contributed by atoms with Crippen LogP contribution in [0.15, 0.2) is 48.9 Å². The minimum Gasteiger partial charge on any atom is -0.356 e. The number of amides is 1. The summed E-state index contributed by atoms with van der Waals surface area (Å²) in [5.41, 5.74) is 5.53. The molecule has 174 valence electrons. The summed E-state index contributed by atoms with van der Waals surface area (Å²) in [6.07, 6.45) is 11.2. The Bertz CT molecular complexity index is 1120. The molecule has 1 fully saturated rings. The van der Waals surface area contributed by atoms with Crippen molar-refractivity contribution >= 4 is 16.8 Å². The number of pyridine rings is 1. The Morgan fingerprint density at radius 1 is 1.21 bits per heavy atom. The molecule has 0 spiro atoms. The van der Waals surface area contributed by atoms with Crippen molar-refractivity contribution < 1.29 is 4.79 Å². The SMILES string of the molecule is CC(C)n1cc2c3c(cccc31)[C@H]1C[C@@H](C(=O)NCCCCc3cccnc3)CN(C)[C@@H]1C2. The highest BCUT2D eigenvalue weighted by Gasteiger charge is 2.41. The summed E-state index contributed by atoms with van der Waals surface area (Å²) in [6.45, 7) is 6.11. The maximum Gasteiger partial charge on any atom is 0.224 e. The van der Waals surface area contributed by atoms with Gasteiger partial charge in [0.25, 0.3) is 0 Å². The van der Waals surface area contributed by atoms with E-state index in [-0.39, 0.29) is 11.8 Å². The fraction of sp³-hybridized carbons (Fsp3) is 0.500. The number of carbonyl (C=O) groups excluding carboxylic acids is 1. The molecule has 1 aliphatic heterocycles. The number of unbranched alkanes of at least 4 members (excludes halogenated alkanes) is 1. The molecule has 0 bridgehead atoms. The average molecular weight is 445 g/mol. The lowest BCUT2D eigenvalue weighted by atomic mass is 9.72. The number of aromatic nitrogens is 2. The zero-order valence-corrected chi connectivity index (χ0v) is 20.1. The number of rotatable bonds is 7. The van der Waals surface area contributed by atoms with Crippen molar-refractivity contribution in [3.63, 3.8) is 0 Å². The van der Waals surface area contributed by atoms with Gasteiger partial charge >= 0.3 is 0 Å². The largest absolute Gasteiger partial charge is 0.356 e. The molecular formula is C28H36N4O. The van der Waals surface area contributed by atoms with Gasteiger partial charge in [0, 0.05) is 60.6 Å². The van der Waals surface area contributed by atoms with Crippen LogP contribution in [-0.4, -0.2) is 46.5 Å². The van der Waals surface area contributed by atoms with Gasteiger partial charge < -0.3 is 14.8 Å². The third kappa shape index (κ3) is 4.31. The summed E-state index contributed by atoms with van der Waals surface area (Å²) in [5.74, 6) is 0.697. The van der Waals surface area contributed by atoms with E-state index in [1.54, 1.807) is 0 Å². The summed E-state index contributed by atoms with van der Waals surface area (Å²) in [7, 11) is 2.20. The molecule has 2 aromatic heterocycles. The van der Waals surface area contributed by atoms with Crippen LogP contribution in [0.3, 0.4) is 0 Å². The Labute approximate surface area is 197 Å². The molecule has 1 aromatic carbocycles. The summed E-state index contributed by atoms with van der Waals surface area (Å²) in [5, 5.41) is 4.67. The van der Waals surface area contributed by atoms with E-state index in [0.717, 1.165) is 45.2 Å². The van der Waals surface area contributed by atoms with Crippen LogP contribution in [0.4, 0.5) is 0 Å². The number of nitrogens with zero attached hydrogens (tertiary/aromatic N) is 3. The van der Waals surface area contributed by atoms with Gasteiger partial charge in [-0.25, -0.2) is 0 Å². The molecule has 3 aromatic rings. The molecule has 33 heavy (non-hydrogen) atoms. The highest BCUT2D eigenvalue weighted by molar-refractivity contribution is 5.89. The molecule has 3 heterocycles. The van der Waals surface area contributed by atoms with Crippen LogP contribution < -0.4 is 5.32 Å². The fourth-order valence-electron chi connectivity index (χ4n) is 6.05. The minimum atomic E-state index is 0.0542. The first kappa shape index (κ1) is 22.1. The van der Waals surface area contributed by atoms with Gasteiger partial charge in [-0.1, -0.05) is 18.2 Å². The third-order valence-electron chi connectivity index (χ3n) is 7.72. The molecule has 5 rings (SSSR count). The number of fused-ring (bicyclic) bond motifs is 2. The summed E-state index contributed by atoms with van der Waals surface area (Å²) in [6, 6.07) is 11.8. The zero-order chi connectivity index (χ0) is 22.9. The van der Waals surface area contributed by atoms with Crippen LogP contribution in [-0.2, 0) is 17.6 Å². The Morgan fingerprint density at radius 2 is 2.09 bits per heavy atom. The molecule has 1 N–H and O–H groups in total. The van der Waals surface area contributed by atoms with Gasteiger partial charge in [0.1, 0.15) is 0 Å². The number of benzene rings is 1. The van der Waals surface area contributed by atoms with Crippen molar-refractivity contribution in [2.24, 2.45) is 5.92 Å². The van der Waals surface area contributed by atoms with E-state index in [0.29, 0.717) is 18.0 Å². The summed E-state index contributed by atoms with van der Waals surface area (Å²) < 4.78 is 2.42. The van der Waals surface area contributed by atoms with Gasteiger partial charge in [-0.2, -0.15) is 0 Å². The highest BCUT2D eigenvalue weighted by Crippen LogP contribution is 2.45. The van der Waals surface area contributed by atoms with Crippen LogP contribution in [0.2, 0.25) is 0 Å². The first-order chi connectivity index (χ1) is 16.0. The van der Waals surface area contributed by atoms with Crippen molar-refractivity contribution in [3.05, 3.63) is 65.6 Å². The van der Waals surface area contributed by atoms with Gasteiger partial charge in [0.15, 0.2) is 0 Å². The van der Waals surface area contributed by atoms with E-state index < -0.39 is 0 Å². The standard InChI is InChI=1S/C28H36N4O/c1-19(2)32-18-21-15-26-24(23-10-6-11-25(32)27(21)23)14-22(17-31(26)3)28(33)30-13-5-4-8-20-9-7-12-29-16-20/h6-7,9-12,16,18-19,22,24,26H,4-5,8,13-15,17H2,1-3H3,(H,30,33)/t22-,24-,26-/m1/s1. The molecule has 0 saturated carbocycles. The number of likely N-dealkylation sites (N-methyl/N-ethyl adjacent to an activating group) is 1. The molecule has 1 aliphatic carbocycles. The second kappa shape index (κ2) is 9.30. The van der Waals surface area contributed by atoms with Gasteiger partial charge in [-0.3, -0.25) is 9.78 Å². The van der Waals surface area contributed by atoms with Gasteiger partial charge in [0.2, 0.25) is 5.91 Å². The maximum absolute atomic E-state index is 13.1. The lowest BCUT2D eigenvalue weighted by Crippen LogP contribution is -2.51. The predicted octanol–water partition coefficient (Wildman–Crippen LogP) is 4.72. The summed E-state index contributed by atoms with van der Waals surface area (Å²) in [4.78, 5) is 19.7. The van der Waals surface area contributed by atoms with Crippen molar-refractivity contribution in [1.82, 2.24) is 19.8 Å². The molecule has 5 heteroatoms. The third-order valence-corrected chi connectivity index (χ3v) is 7.72. The number of nitrogens with one attached hydrogen (secondary N) is 1. The van der Waals surface area contributed by atoms with Crippen LogP contribution in [0.1, 0.15) is 61.8 Å². The number of likely N-dealkylation sites (tertiary alicyclic amines) is 1. The van der Waals surface area contributed by atoms with E-state index in [4.69, 9.17) is 0 Å². The average Bonchev–Trinajstić information content (AvgIpc) is 3.20. The lowest BCUT2D eigenvalue weighted by Gasteiger charge is -2.45. The van der Waals surface area contributed by atoms with Crippen molar-refractivity contribution in [2.45, 2.75) is 64.0 Å². The molecular weight excluding hydrogens is 408 g/mol. The fourth-order valence-corrected chi connectivity index (χ4v) is 6.05. The van der Waals surface area contributed by atoms with Crippen molar-refractivity contribution in [1.29, 1.82) is 0 Å². The van der Waals surface area contributed by atoms with E-state index in [2.05, 4.69) is 71.1 Å². The number of hydrogen-bond donors (Lipinski definition) is 1. The molecule has 1 amide bonds. The monoisotopic (exact) mass is 444 g/mol. The molecule has 2 aliphatic rings. The molecule has 3 atom stereocenters. The topological polar surface area (TPSA) is 50.2 Å². The first-order valence-corrected chi connectivity index (χ1v) is 12.5. The number of carbonyl (C=O) groups is 1. The van der Waals surface area contributed by atoms with Crippen molar-refractivity contribution in [2.75, 3.05) is 20.1 Å². The molecule has 0 unspecified atom stereocenters. The molecule has 0 radical (unpaired) electrons. The van der Waals surface area contributed by atoms with E-state index >= 15 is 0 Å². The Hall–Kier alpha value is -2.66. The second-order valence-corrected chi connectivity index (χ2v) is 10.3. The van der Waals surface area contributed by atoms with Gasteiger partial charge in [0.05, 0.1) is 5.92 Å². The lowest BCUT2D eigenvalue weighted by molar-refractivity contribution is -0.127. The highest BCUT2D eigenvalue weighted by atomic mass is 16.1. The summed E-state index contributed by atoms with van der Waals surface area (Å²) >= 11 is 0. The molecule has 5 nitrogen and oxygen atoms in total. The van der Waals surface area contributed by atoms with E-state index in [1.165, 1.54) is 27.6 Å². The number of piperidine rings is 1. The number of aryl methyl sites for hydroxylation is 1. The smallest absolute Gasteiger partial charge is 0.224 e. The minimum absolute atomic E-state index is 0.0542. The second-order valence-electron chi connectivity index (χ2n) is 10.3. The van der Waals surface area contributed by atoms with Crippen LogP contribution in [0.25, 0.3) is 10.9 Å².